The molecule has 1 aromatic rings. The summed E-state index contributed by atoms with van der Waals surface area (Å²) in [5.41, 5.74) is 5.28. The van der Waals surface area contributed by atoms with E-state index in [2.05, 4.69) is 15.9 Å². The molecule has 1 aliphatic rings. The van der Waals surface area contributed by atoms with Crippen LogP contribution in [0.1, 0.15) is 19.8 Å². The first-order chi connectivity index (χ1) is 8.75. The van der Waals surface area contributed by atoms with Crippen molar-refractivity contribution in [3.8, 4) is 0 Å². The van der Waals surface area contributed by atoms with Gasteiger partial charge in [0.05, 0.1) is 10.6 Å². The van der Waals surface area contributed by atoms with Gasteiger partial charge in [0.15, 0.2) is 0 Å². The fraction of sp³-hybridized carbons (Fsp3) is 0.500. The Morgan fingerprint density at radius 1 is 1.47 bits per heavy atom. The first-order valence-electron chi connectivity index (χ1n) is 5.97. The standard InChI is InChI=1S/C12H16BrFN2O2S/c1-7(8-3-4-8)16(2)19(17,18)12-6-11(15)10(14)5-9(12)13/h5-8H,3-4,15H2,1-2H3. The zero-order valence-electron chi connectivity index (χ0n) is 10.7. The number of nitrogen functional groups attached to an aromatic ring is 1. The summed E-state index contributed by atoms with van der Waals surface area (Å²) in [6.07, 6.45) is 2.10. The van der Waals surface area contributed by atoms with Crippen LogP contribution in [0.3, 0.4) is 0 Å². The molecule has 0 radical (unpaired) electrons. The summed E-state index contributed by atoms with van der Waals surface area (Å²) in [6.45, 7) is 1.88. The van der Waals surface area contributed by atoms with Gasteiger partial charge >= 0.3 is 0 Å². The van der Waals surface area contributed by atoms with Crippen LogP contribution in [0.4, 0.5) is 10.1 Å². The third kappa shape index (κ3) is 2.78. The lowest BCUT2D eigenvalue weighted by Gasteiger charge is -2.24. The number of rotatable bonds is 4. The number of hydrogen-bond acceptors (Lipinski definition) is 3. The predicted octanol–water partition coefficient (Wildman–Crippen LogP) is 2.59. The Bertz CT molecular complexity index is 602. The molecule has 1 atom stereocenters. The quantitative estimate of drug-likeness (QED) is 0.848. The van der Waals surface area contributed by atoms with Crippen molar-refractivity contribution in [1.29, 1.82) is 0 Å². The maximum absolute atomic E-state index is 13.3. The van der Waals surface area contributed by atoms with Gasteiger partial charge in [-0.2, -0.15) is 4.31 Å². The van der Waals surface area contributed by atoms with E-state index in [4.69, 9.17) is 5.73 Å². The van der Waals surface area contributed by atoms with Gasteiger partial charge in [-0.05, 0) is 53.7 Å². The number of anilines is 1. The maximum Gasteiger partial charge on any atom is 0.244 e. The summed E-state index contributed by atoms with van der Waals surface area (Å²) in [6, 6.07) is 2.17. The van der Waals surface area contributed by atoms with E-state index in [-0.39, 0.29) is 21.1 Å². The van der Waals surface area contributed by atoms with E-state index in [9.17, 15) is 12.8 Å². The third-order valence-corrected chi connectivity index (χ3v) is 6.49. The van der Waals surface area contributed by atoms with Crippen LogP contribution in [0.15, 0.2) is 21.5 Å². The lowest BCUT2D eigenvalue weighted by atomic mass is 10.2. The largest absolute Gasteiger partial charge is 0.396 e. The highest BCUT2D eigenvalue weighted by Gasteiger charge is 2.36. The van der Waals surface area contributed by atoms with Gasteiger partial charge in [-0.1, -0.05) is 0 Å². The number of halogens is 2. The molecule has 0 bridgehead atoms. The summed E-state index contributed by atoms with van der Waals surface area (Å²) in [4.78, 5) is 0.00130. The fourth-order valence-electron chi connectivity index (χ4n) is 1.99. The second-order valence-electron chi connectivity index (χ2n) is 4.90. The number of sulfonamides is 1. The smallest absolute Gasteiger partial charge is 0.244 e. The monoisotopic (exact) mass is 350 g/mol. The Morgan fingerprint density at radius 2 is 2.05 bits per heavy atom. The molecule has 0 spiro atoms. The zero-order valence-corrected chi connectivity index (χ0v) is 13.1. The third-order valence-electron chi connectivity index (χ3n) is 3.59. The van der Waals surface area contributed by atoms with E-state index in [1.807, 2.05) is 6.92 Å². The average molecular weight is 351 g/mol. The molecule has 0 amide bonds. The highest BCUT2D eigenvalue weighted by Crippen LogP contribution is 2.37. The topological polar surface area (TPSA) is 63.4 Å². The Morgan fingerprint density at radius 3 is 2.58 bits per heavy atom. The molecule has 0 heterocycles. The highest BCUT2D eigenvalue weighted by molar-refractivity contribution is 9.10. The molecule has 106 valence electrons. The molecule has 2 rings (SSSR count). The van der Waals surface area contributed by atoms with Crippen molar-refractivity contribution in [1.82, 2.24) is 4.31 Å². The molecule has 1 fully saturated rings. The Labute approximate surface area is 121 Å². The Hall–Kier alpha value is -0.660. The van der Waals surface area contributed by atoms with Gasteiger partial charge in [0, 0.05) is 17.6 Å². The average Bonchev–Trinajstić information content (AvgIpc) is 3.15. The molecule has 7 heteroatoms. The van der Waals surface area contributed by atoms with Crippen molar-refractivity contribution < 1.29 is 12.8 Å². The predicted molar refractivity (Wildman–Crippen MR) is 75.6 cm³/mol. The van der Waals surface area contributed by atoms with Crippen LogP contribution in [0.5, 0.6) is 0 Å². The lowest BCUT2D eigenvalue weighted by molar-refractivity contribution is 0.357. The Kier molecular flexibility index (Phi) is 3.90. The Balaban J connectivity index is 2.41. The lowest BCUT2D eigenvalue weighted by Crippen LogP contribution is -2.36. The molecule has 2 N–H and O–H groups in total. The van der Waals surface area contributed by atoms with Gasteiger partial charge < -0.3 is 5.73 Å². The van der Waals surface area contributed by atoms with Crippen LogP contribution in [-0.4, -0.2) is 25.8 Å². The molecule has 0 saturated heterocycles. The molecule has 0 aliphatic heterocycles. The molecule has 0 aromatic heterocycles. The van der Waals surface area contributed by atoms with Crippen molar-refractivity contribution in [2.75, 3.05) is 12.8 Å². The van der Waals surface area contributed by atoms with E-state index < -0.39 is 15.8 Å². The van der Waals surface area contributed by atoms with Crippen molar-refractivity contribution in [3.63, 3.8) is 0 Å². The summed E-state index contributed by atoms with van der Waals surface area (Å²) >= 11 is 3.09. The van der Waals surface area contributed by atoms with Crippen molar-refractivity contribution in [3.05, 3.63) is 22.4 Å². The first kappa shape index (κ1) is 14.7. The summed E-state index contributed by atoms with van der Waals surface area (Å²) in [7, 11) is -2.13. The summed E-state index contributed by atoms with van der Waals surface area (Å²) in [5, 5.41) is 0. The first-order valence-corrected chi connectivity index (χ1v) is 8.21. The normalized spacial score (nSPS) is 17.7. The molecule has 1 saturated carbocycles. The van der Waals surface area contributed by atoms with Gasteiger partial charge in [0.1, 0.15) is 5.82 Å². The van der Waals surface area contributed by atoms with E-state index in [0.29, 0.717) is 5.92 Å². The van der Waals surface area contributed by atoms with Crippen molar-refractivity contribution >= 4 is 31.6 Å². The van der Waals surface area contributed by atoms with E-state index in [1.165, 1.54) is 4.31 Å². The second-order valence-corrected chi connectivity index (χ2v) is 7.72. The molecule has 1 aromatic carbocycles. The van der Waals surface area contributed by atoms with Crippen LogP contribution in [0.2, 0.25) is 0 Å². The minimum atomic E-state index is -3.67. The maximum atomic E-state index is 13.3. The van der Waals surface area contributed by atoms with E-state index >= 15 is 0 Å². The molecule has 19 heavy (non-hydrogen) atoms. The van der Waals surface area contributed by atoms with Gasteiger partial charge in [0.25, 0.3) is 0 Å². The van der Waals surface area contributed by atoms with Gasteiger partial charge in [-0.3, -0.25) is 0 Å². The molecule has 4 nitrogen and oxygen atoms in total. The van der Waals surface area contributed by atoms with Crippen molar-refractivity contribution in [2.24, 2.45) is 5.92 Å². The number of nitrogens with two attached hydrogens (primary N) is 1. The number of hydrogen-bond donors (Lipinski definition) is 1. The molecular weight excluding hydrogens is 335 g/mol. The minimum absolute atomic E-state index is 0.00130. The number of benzene rings is 1. The minimum Gasteiger partial charge on any atom is -0.396 e. The van der Waals surface area contributed by atoms with Crippen LogP contribution < -0.4 is 5.73 Å². The van der Waals surface area contributed by atoms with Crippen LogP contribution in [0, 0.1) is 11.7 Å². The number of nitrogens with zero attached hydrogens (tertiary/aromatic N) is 1. The van der Waals surface area contributed by atoms with Crippen LogP contribution in [-0.2, 0) is 10.0 Å². The molecular formula is C12H16BrFN2O2S. The highest BCUT2D eigenvalue weighted by atomic mass is 79.9. The second kappa shape index (κ2) is 5.03. The fourth-order valence-corrected chi connectivity index (χ4v) is 4.42. The van der Waals surface area contributed by atoms with E-state index in [0.717, 1.165) is 25.0 Å². The van der Waals surface area contributed by atoms with Crippen LogP contribution >= 0.6 is 15.9 Å². The van der Waals surface area contributed by atoms with Gasteiger partial charge in [-0.15, -0.1) is 0 Å². The molecule has 1 unspecified atom stereocenters. The van der Waals surface area contributed by atoms with Gasteiger partial charge in [-0.25, -0.2) is 12.8 Å². The van der Waals surface area contributed by atoms with Gasteiger partial charge in [0.2, 0.25) is 10.0 Å². The summed E-state index contributed by atoms with van der Waals surface area (Å²) < 4.78 is 39.8. The molecule has 1 aliphatic carbocycles. The van der Waals surface area contributed by atoms with E-state index in [1.54, 1.807) is 7.05 Å². The van der Waals surface area contributed by atoms with Crippen LogP contribution in [0.25, 0.3) is 0 Å². The summed E-state index contributed by atoms with van der Waals surface area (Å²) in [5.74, 6) is -0.222. The van der Waals surface area contributed by atoms with Crippen molar-refractivity contribution in [2.45, 2.75) is 30.7 Å². The zero-order chi connectivity index (χ0) is 14.4. The SMILES string of the molecule is CC(C1CC1)N(C)S(=O)(=O)c1cc(N)c(F)cc1Br.